The van der Waals surface area contributed by atoms with Gasteiger partial charge in [-0.2, -0.15) is 0 Å². The number of nitrogens with two attached hydrogens (primary N) is 1. The van der Waals surface area contributed by atoms with Crippen LogP contribution < -0.4 is 5.73 Å². The zero-order valence-corrected chi connectivity index (χ0v) is 9.12. The van der Waals surface area contributed by atoms with E-state index in [9.17, 15) is 0 Å². The van der Waals surface area contributed by atoms with E-state index in [1.807, 2.05) is 30.5 Å². The quantitative estimate of drug-likeness (QED) is 0.864. The highest BCUT2D eigenvalue weighted by atomic mass is 32.1. The number of aromatic nitrogens is 2. The molecule has 0 spiro atoms. The molecule has 78 valence electrons. The lowest BCUT2D eigenvalue weighted by Crippen LogP contribution is -1.80. The lowest BCUT2D eigenvalue weighted by molar-refractivity contribution is 0.385. The van der Waals surface area contributed by atoms with Crippen LogP contribution in [0.15, 0.2) is 16.0 Å². The molecule has 2 N–H and O–H groups in total. The van der Waals surface area contributed by atoms with E-state index in [4.69, 9.17) is 10.3 Å². The summed E-state index contributed by atoms with van der Waals surface area (Å²) in [5.41, 5.74) is 7.16. The van der Waals surface area contributed by atoms with Gasteiger partial charge >= 0.3 is 0 Å². The first-order valence-electron chi connectivity index (χ1n) is 4.62. The van der Waals surface area contributed by atoms with Crippen molar-refractivity contribution in [2.45, 2.75) is 13.3 Å². The summed E-state index contributed by atoms with van der Waals surface area (Å²) in [5, 5.41) is 6.36. The minimum atomic E-state index is 0.573. The fourth-order valence-corrected chi connectivity index (χ4v) is 1.65. The van der Waals surface area contributed by atoms with Gasteiger partial charge in [0.2, 0.25) is 0 Å². The topological polar surface area (TPSA) is 64.9 Å². The lowest BCUT2D eigenvalue weighted by atomic mass is 10.3. The van der Waals surface area contributed by atoms with E-state index < -0.39 is 0 Å². The fraction of sp³-hybridized carbons (Fsp3) is 0.200. The van der Waals surface area contributed by atoms with Gasteiger partial charge in [0, 0.05) is 17.9 Å². The molecule has 2 aromatic rings. The third kappa shape index (κ3) is 2.44. The number of thiazole rings is 1. The largest absolute Gasteiger partial charge is 0.375 e. The summed E-state index contributed by atoms with van der Waals surface area (Å²) in [6.45, 7) is 2.02. The van der Waals surface area contributed by atoms with Crippen LogP contribution in [0.1, 0.15) is 24.1 Å². The summed E-state index contributed by atoms with van der Waals surface area (Å²) < 4.78 is 5.06. The van der Waals surface area contributed by atoms with Gasteiger partial charge in [-0.25, -0.2) is 4.98 Å². The van der Waals surface area contributed by atoms with Crippen molar-refractivity contribution >= 4 is 28.6 Å². The van der Waals surface area contributed by atoms with Crippen molar-refractivity contribution in [2.24, 2.45) is 0 Å². The predicted octanol–water partition coefficient (Wildman–Crippen LogP) is 2.45. The third-order valence-electron chi connectivity index (χ3n) is 1.89. The van der Waals surface area contributed by atoms with Gasteiger partial charge in [0.1, 0.15) is 11.5 Å². The minimum Gasteiger partial charge on any atom is -0.375 e. The molecular weight excluding hydrogens is 210 g/mol. The molecule has 0 bridgehead atoms. The first kappa shape index (κ1) is 9.92. The van der Waals surface area contributed by atoms with Crippen molar-refractivity contribution < 1.29 is 4.52 Å². The zero-order chi connectivity index (χ0) is 10.7. The Morgan fingerprint density at radius 1 is 1.47 bits per heavy atom. The van der Waals surface area contributed by atoms with Gasteiger partial charge in [0.15, 0.2) is 5.13 Å². The normalized spacial score (nSPS) is 11.3. The summed E-state index contributed by atoms with van der Waals surface area (Å²) in [7, 11) is 0. The van der Waals surface area contributed by atoms with E-state index in [-0.39, 0.29) is 0 Å². The molecule has 0 aliphatic carbocycles. The molecule has 15 heavy (non-hydrogen) atoms. The Morgan fingerprint density at radius 3 is 2.87 bits per heavy atom. The van der Waals surface area contributed by atoms with Gasteiger partial charge in [0.05, 0.1) is 5.69 Å². The van der Waals surface area contributed by atoms with Crippen LogP contribution in [-0.4, -0.2) is 10.1 Å². The Balaban J connectivity index is 2.11. The van der Waals surface area contributed by atoms with Crippen molar-refractivity contribution in [3.63, 3.8) is 0 Å². The van der Waals surface area contributed by atoms with Crippen molar-refractivity contribution in [1.29, 1.82) is 0 Å². The van der Waals surface area contributed by atoms with Crippen LogP contribution in [0.3, 0.4) is 0 Å². The van der Waals surface area contributed by atoms with Crippen LogP contribution in [0.2, 0.25) is 0 Å². The minimum absolute atomic E-state index is 0.573. The maximum absolute atomic E-state index is 5.51. The number of nitrogen functional groups attached to an aromatic ring is 1. The zero-order valence-electron chi connectivity index (χ0n) is 8.30. The molecule has 0 saturated carbocycles. The highest BCUT2D eigenvalue weighted by molar-refractivity contribution is 7.13. The van der Waals surface area contributed by atoms with Gasteiger partial charge in [-0.05, 0) is 12.2 Å². The Morgan fingerprint density at radius 2 is 2.27 bits per heavy atom. The average molecular weight is 221 g/mol. The maximum atomic E-state index is 5.51. The summed E-state index contributed by atoms with van der Waals surface area (Å²) >= 11 is 1.42. The third-order valence-corrected chi connectivity index (χ3v) is 2.58. The molecule has 0 radical (unpaired) electrons. The van der Waals surface area contributed by atoms with E-state index in [1.54, 1.807) is 0 Å². The van der Waals surface area contributed by atoms with Crippen LogP contribution in [0.5, 0.6) is 0 Å². The van der Waals surface area contributed by atoms with Crippen molar-refractivity contribution in [1.82, 2.24) is 10.1 Å². The molecule has 2 heterocycles. The van der Waals surface area contributed by atoms with E-state index in [1.165, 1.54) is 11.3 Å². The van der Waals surface area contributed by atoms with Crippen LogP contribution in [0.4, 0.5) is 5.13 Å². The molecule has 2 aromatic heterocycles. The first-order chi connectivity index (χ1) is 7.28. The number of rotatable bonds is 3. The van der Waals surface area contributed by atoms with Crippen molar-refractivity contribution in [2.75, 3.05) is 5.73 Å². The van der Waals surface area contributed by atoms with E-state index in [0.717, 1.165) is 23.6 Å². The number of aryl methyl sites for hydroxylation is 1. The predicted molar refractivity (Wildman–Crippen MR) is 61.3 cm³/mol. The van der Waals surface area contributed by atoms with Crippen LogP contribution in [-0.2, 0) is 6.42 Å². The molecule has 0 aliphatic heterocycles. The van der Waals surface area contributed by atoms with Crippen molar-refractivity contribution in [3.05, 3.63) is 28.6 Å². The molecule has 0 saturated heterocycles. The van der Waals surface area contributed by atoms with Gasteiger partial charge in [-0.3, -0.25) is 0 Å². The Labute approximate surface area is 91.4 Å². The number of nitrogens with zero attached hydrogens (tertiary/aromatic N) is 2. The molecule has 2 rings (SSSR count). The second-order valence-corrected chi connectivity index (χ2v) is 3.91. The van der Waals surface area contributed by atoms with Gasteiger partial charge in [-0.15, -0.1) is 11.3 Å². The fourth-order valence-electron chi connectivity index (χ4n) is 1.12. The second-order valence-electron chi connectivity index (χ2n) is 3.02. The maximum Gasteiger partial charge on any atom is 0.180 e. The summed E-state index contributed by atoms with van der Waals surface area (Å²) in [6, 6.07) is 1.91. The monoisotopic (exact) mass is 221 g/mol. The average Bonchev–Trinajstić information content (AvgIpc) is 2.83. The molecule has 0 aromatic carbocycles. The number of hydrogen-bond acceptors (Lipinski definition) is 5. The first-order valence-corrected chi connectivity index (χ1v) is 5.50. The highest BCUT2D eigenvalue weighted by Crippen LogP contribution is 2.14. The lowest BCUT2D eigenvalue weighted by Gasteiger charge is -1.81. The molecule has 0 atom stereocenters. The molecule has 4 nitrogen and oxygen atoms in total. The van der Waals surface area contributed by atoms with Crippen LogP contribution in [0, 0.1) is 0 Å². The van der Waals surface area contributed by atoms with Gasteiger partial charge < -0.3 is 10.3 Å². The Kier molecular flexibility index (Phi) is 2.82. The Hall–Kier alpha value is -1.62. The van der Waals surface area contributed by atoms with E-state index in [0.29, 0.717) is 5.13 Å². The molecule has 0 aliphatic rings. The van der Waals surface area contributed by atoms with Crippen LogP contribution >= 0.6 is 11.3 Å². The van der Waals surface area contributed by atoms with E-state index in [2.05, 4.69) is 10.1 Å². The highest BCUT2D eigenvalue weighted by Gasteiger charge is 1.98. The molecule has 0 fully saturated rings. The SMILES string of the molecule is CCc1cc(C=Cc2csc(N)n2)no1. The molecular formula is C10H11N3OS. The van der Waals surface area contributed by atoms with E-state index >= 15 is 0 Å². The summed E-state index contributed by atoms with van der Waals surface area (Å²) in [5.74, 6) is 0.882. The van der Waals surface area contributed by atoms with Crippen molar-refractivity contribution in [3.8, 4) is 0 Å². The number of hydrogen-bond donors (Lipinski definition) is 1. The second kappa shape index (κ2) is 4.27. The standard InChI is InChI=1S/C10H11N3OS/c1-2-9-5-7(13-14-9)3-4-8-6-15-10(11)12-8/h3-6H,2H2,1H3,(H2,11,12). The van der Waals surface area contributed by atoms with Gasteiger partial charge in [0.25, 0.3) is 0 Å². The molecule has 0 unspecified atom stereocenters. The molecule has 5 heteroatoms. The smallest absolute Gasteiger partial charge is 0.180 e. The summed E-state index contributed by atoms with van der Waals surface area (Å²) in [6.07, 6.45) is 4.58. The summed E-state index contributed by atoms with van der Waals surface area (Å²) in [4.78, 5) is 4.10. The van der Waals surface area contributed by atoms with Gasteiger partial charge in [-0.1, -0.05) is 12.1 Å². The molecule has 0 amide bonds. The van der Waals surface area contributed by atoms with Crippen LogP contribution in [0.25, 0.3) is 12.2 Å². The number of anilines is 1. The Bertz CT molecular complexity index is 472.